The van der Waals surface area contributed by atoms with Crippen molar-refractivity contribution < 1.29 is 9.59 Å². The van der Waals surface area contributed by atoms with Crippen molar-refractivity contribution in [2.75, 3.05) is 26.2 Å². The lowest BCUT2D eigenvalue weighted by Crippen LogP contribution is -2.48. The van der Waals surface area contributed by atoms with E-state index in [-0.39, 0.29) is 11.8 Å². The number of nitrogens with zero attached hydrogens (tertiary/aromatic N) is 3. The molecule has 2 N–H and O–H groups in total. The van der Waals surface area contributed by atoms with Gasteiger partial charge in [-0.15, -0.1) is 0 Å². The van der Waals surface area contributed by atoms with Gasteiger partial charge < -0.3 is 10.6 Å². The van der Waals surface area contributed by atoms with Crippen molar-refractivity contribution in [2.24, 2.45) is 11.1 Å². The number of rotatable bonds is 6. The van der Waals surface area contributed by atoms with Crippen LogP contribution >= 0.6 is 0 Å². The van der Waals surface area contributed by atoms with Crippen molar-refractivity contribution in [3.8, 4) is 0 Å². The van der Waals surface area contributed by atoms with Crippen LogP contribution < -0.4 is 5.73 Å². The number of benzene rings is 1. The Labute approximate surface area is 190 Å². The van der Waals surface area contributed by atoms with E-state index in [1.807, 2.05) is 29.3 Å². The first-order chi connectivity index (χ1) is 15.5. The van der Waals surface area contributed by atoms with Crippen LogP contribution in [0.5, 0.6) is 0 Å². The van der Waals surface area contributed by atoms with E-state index in [0.717, 1.165) is 64.1 Å². The van der Waals surface area contributed by atoms with E-state index < -0.39 is 5.41 Å². The SMILES string of the molecule is CC(=O)N1CCCC(c2ccccc2CC2(C(N)=O)CCN(Cc3ccccn3)CC2)C1. The zero-order chi connectivity index (χ0) is 22.6. The molecule has 0 radical (unpaired) electrons. The number of amides is 2. The number of likely N-dealkylation sites (tertiary alicyclic amines) is 2. The molecule has 6 nitrogen and oxygen atoms in total. The van der Waals surface area contributed by atoms with Crippen molar-refractivity contribution >= 4 is 11.8 Å². The molecule has 6 heteroatoms. The number of carbonyl (C=O) groups is 2. The van der Waals surface area contributed by atoms with E-state index >= 15 is 0 Å². The van der Waals surface area contributed by atoms with Gasteiger partial charge in [-0.25, -0.2) is 0 Å². The second-order valence-electron chi connectivity index (χ2n) is 9.42. The summed E-state index contributed by atoms with van der Waals surface area (Å²) in [6, 6.07) is 14.4. The lowest BCUT2D eigenvalue weighted by atomic mass is 9.71. The van der Waals surface area contributed by atoms with Gasteiger partial charge in [0.25, 0.3) is 0 Å². The Bertz CT molecular complexity index is 938. The molecule has 1 aromatic heterocycles. The predicted molar refractivity (Wildman–Crippen MR) is 125 cm³/mol. The number of hydrogen-bond donors (Lipinski definition) is 1. The van der Waals surface area contributed by atoms with Crippen LogP contribution in [-0.2, 0) is 22.6 Å². The van der Waals surface area contributed by atoms with Crippen LogP contribution in [0.2, 0.25) is 0 Å². The van der Waals surface area contributed by atoms with Gasteiger partial charge in [-0.3, -0.25) is 19.5 Å². The Morgan fingerprint density at radius 3 is 2.53 bits per heavy atom. The Hall–Kier alpha value is -2.73. The van der Waals surface area contributed by atoms with Crippen molar-refractivity contribution in [3.05, 3.63) is 65.5 Å². The molecular weight excluding hydrogens is 400 g/mol. The highest BCUT2D eigenvalue weighted by molar-refractivity contribution is 5.81. The average Bonchev–Trinajstić information content (AvgIpc) is 2.81. The van der Waals surface area contributed by atoms with Crippen LogP contribution in [0.25, 0.3) is 0 Å². The molecule has 2 aliphatic rings. The first-order valence-corrected chi connectivity index (χ1v) is 11.7. The highest BCUT2D eigenvalue weighted by atomic mass is 16.2. The minimum absolute atomic E-state index is 0.140. The van der Waals surface area contributed by atoms with Crippen molar-refractivity contribution in [1.82, 2.24) is 14.8 Å². The zero-order valence-electron chi connectivity index (χ0n) is 19.0. The first kappa shape index (κ1) is 22.5. The third-order valence-corrected chi connectivity index (χ3v) is 7.34. The molecule has 170 valence electrons. The van der Waals surface area contributed by atoms with Gasteiger partial charge in [0.1, 0.15) is 0 Å². The van der Waals surface area contributed by atoms with Gasteiger partial charge >= 0.3 is 0 Å². The largest absolute Gasteiger partial charge is 0.369 e. The van der Waals surface area contributed by atoms with Crippen LogP contribution in [0, 0.1) is 5.41 Å². The minimum atomic E-state index is -0.522. The zero-order valence-corrected chi connectivity index (χ0v) is 19.0. The van der Waals surface area contributed by atoms with E-state index in [2.05, 4.69) is 34.1 Å². The monoisotopic (exact) mass is 434 g/mol. The Balaban J connectivity index is 1.48. The predicted octanol–water partition coefficient (Wildman–Crippen LogP) is 3.12. The fraction of sp³-hybridized carbons (Fsp3) is 0.500. The van der Waals surface area contributed by atoms with Gasteiger partial charge in [-0.1, -0.05) is 30.3 Å². The standard InChI is InChI=1S/C26H34N4O2/c1-20(31)30-14-6-8-22(18-30)24-10-3-2-7-21(24)17-26(25(27)32)11-15-29(16-12-26)19-23-9-4-5-13-28-23/h2-5,7,9-10,13,22H,6,8,11-12,14-19H2,1H3,(H2,27,32). The number of pyridine rings is 1. The first-order valence-electron chi connectivity index (χ1n) is 11.7. The molecule has 4 rings (SSSR count). The quantitative estimate of drug-likeness (QED) is 0.758. The Kier molecular flexibility index (Phi) is 6.89. The number of nitrogens with two attached hydrogens (primary N) is 1. The molecule has 2 aliphatic heterocycles. The molecule has 2 amide bonds. The van der Waals surface area contributed by atoms with Crippen LogP contribution in [0.1, 0.15) is 55.3 Å². The summed E-state index contributed by atoms with van der Waals surface area (Å²) < 4.78 is 0. The molecular formula is C26H34N4O2. The number of carbonyl (C=O) groups excluding carboxylic acids is 2. The molecule has 32 heavy (non-hydrogen) atoms. The number of primary amides is 1. The van der Waals surface area contributed by atoms with Gasteiger partial charge in [0, 0.05) is 38.7 Å². The van der Waals surface area contributed by atoms with Gasteiger partial charge in [0.05, 0.1) is 11.1 Å². The minimum Gasteiger partial charge on any atom is -0.369 e. The molecule has 1 atom stereocenters. The molecule has 2 aromatic rings. The van der Waals surface area contributed by atoms with Crippen molar-refractivity contribution in [1.29, 1.82) is 0 Å². The highest BCUT2D eigenvalue weighted by Gasteiger charge is 2.40. The van der Waals surface area contributed by atoms with Crippen molar-refractivity contribution in [3.63, 3.8) is 0 Å². The lowest BCUT2D eigenvalue weighted by Gasteiger charge is -2.40. The third-order valence-electron chi connectivity index (χ3n) is 7.34. The normalized spacial score (nSPS) is 21.3. The van der Waals surface area contributed by atoms with E-state index in [0.29, 0.717) is 12.3 Å². The summed E-state index contributed by atoms with van der Waals surface area (Å²) >= 11 is 0. The molecule has 2 saturated heterocycles. The van der Waals surface area contributed by atoms with Gasteiger partial charge in [0.15, 0.2) is 0 Å². The molecule has 2 fully saturated rings. The van der Waals surface area contributed by atoms with Crippen LogP contribution in [0.4, 0.5) is 0 Å². The fourth-order valence-corrected chi connectivity index (χ4v) is 5.35. The third kappa shape index (κ3) is 5.01. The Morgan fingerprint density at radius 2 is 1.84 bits per heavy atom. The summed E-state index contributed by atoms with van der Waals surface area (Å²) in [5.41, 5.74) is 9.03. The number of hydrogen-bond acceptors (Lipinski definition) is 4. The van der Waals surface area contributed by atoms with E-state index in [9.17, 15) is 9.59 Å². The second kappa shape index (κ2) is 9.82. The summed E-state index contributed by atoms with van der Waals surface area (Å²) in [6.07, 6.45) is 6.10. The van der Waals surface area contributed by atoms with Crippen LogP contribution in [-0.4, -0.2) is 52.8 Å². The number of aromatic nitrogens is 1. The molecule has 0 spiro atoms. The second-order valence-corrected chi connectivity index (χ2v) is 9.42. The number of piperidine rings is 2. The maximum Gasteiger partial charge on any atom is 0.224 e. The maximum atomic E-state index is 12.7. The average molecular weight is 435 g/mol. The smallest absolute Gasteiger partial charge is 0.224 e. The summed E-state index contributed by atoms with van der Waals surface area (Å²) in [5.74, 6) is 0.262. The van der Waals surface area contributed by atoms with Crippen molar-refractivity contribution in [2.45, 2.75) is 51.5 Å². The lowest BCUT2D eigenvalue weighted by molar-refractivity contribution is -0.130. The molecule has 3 heterocycles. The molecule has 1 unspecified atom stereocenters. The summed E-state index contributed by atoms with van der Waals surface area (Å²) in [6.45, 7) is 5.72. The molecule has 1 aromatic carbocycles. The van der Waals surface area contributed by atoms with Crippen LogP contribution in [0.3, 0.4) is 0 Å². The van der Waals surface area contributed by atoms with E-state index in [4.69, 9.17) is 5.73 Å². The fourth-order valence-electron chi connectivity index (χ4n) is 5.35. The summed E-state index contributed by atoms with van der Waals surface area (Å²) in [5, 5.41) is 0. The highest BCUT2D eigenvalue weighted by Crippen LogP contribution is 2.38. The van der Waals surface area contributed by atoms with Gasteiger partial charge in [-0.2, -0.15) is 0 Å². The van der Waals surface area contributed by atoms with Gasteiger partial charge in [0.2, 0.25) is 11.8 Å². The maximum absolute atomic E-state index is 12.7. The summed E-state index contributed by atoms with van der Waals surface area (Å²) in [4.78, 5) is 33.4. The molecule has 0 bridgehead atoms. The Morgan fingerprint density at radius 1 is 1.09 bits per heavy atom. The van der Waals surface area contributed by atoms with Gasteiger partial charge in [-0.05, 0) is 68.5 Å². The molecule has 0 aliphatic carbocycles. The van der Waals surface area contributed by atoms with E-state index in [1.54, 1.807) is 6.92 Å². The van der Waals surface area contributed by atoms with E-state index in [1.165, 1.54) is 11.1 Å². The topological polar surface area (TPSA) is 79.5 Å². The summed E-state index contributed by atoms with van der Waals surface area (Å²) in [7, 11) is 0. The molecule has 0 saturated carbocycles. The van der Waals surface area contributed by atoms with Crippen LogP contribution in [0.15, 0.2) is 48.7 Å².